The zero-order chi connectivity index (χ0) is 22.1. The first-order valence-electron chi connectivity index (χ1n) is 9.67. The van der Waals surface area contributed by atoms with E-state index in [1.807, 2.05) is 6.92 Å². The summed E-state index contributed by atoms with van der Waals surface area (Å²) >= 11 is 11.9. The minimum absolute atomic E-state index is 0.170. The Hall–Kier alpha value is -1.67. The van der Waals surface area contributed by atoms with Gasteiger partial charge in [-0.2, -0.15) is 0 Å². The highest BCUT2D eigenvalue weighted by Crippen LogP contribution is 2.31. The van der Waals surface area contributed by atoms with Gasteiger partial charge in [-0.25, -0.2) is 17.5 Å². The fourth-order valence-corrected chi connectivity index (χ4v) is 5.37. The molecule has 5 nitrogen and oxygen atoms in total. The van der Waals surface area contributed by atoms with Gasteiger partial charge in [-0.1, -0.05) is 49.9 Å². The molecular formula is C21H23Cl2FN2O3S. The monoisotopic (exact) mass is 472 g/mol. The molecule has 0 aromatic heterocycles. The number of carbonyl (C=O) groups is 1. The third-order valence-corrected chi connectivity index (χ3v) is 7.73. The molecule has 0 aliphatic heterocycles. The number of carbonyl (C=O) groups excluding carboxylic acids is 1. The summed E-state index contributed by atoms with van der Waals surface area (Å²) in [7, 11) is -3.92. The molecule has 1 fully saturated rings. The van der Waals surface area contributed by atoms with Crippen molar-refractivity contribution in [3.05, 3.63) is 57.8 Å². The lowest BCUT2D eigenvalue weighted by Crippen LogP contribution is -2.43. The van der Waals surface area contributed by atoms with Gasteiger partial charge < -0.3 is 5.32 Å². The summed E-state index contributed by atoms with van der Waals surface area (Å²) in [6.45, 7) is 4.13. The van der Waals surface area contributed by atoms with Crippen molar-refractivity contribution in [3.63, 3.8) is 0 Å². The zero-order valence-corrected chi connectivity index (χ0v) is 18.9. The van der Waals surface area contributed by atoms with Crippen LogP contribution in [0.25, 0.3) is 0 Å². The van der Waals surface area contributed by atoms with Crippen molar-refractivity contribution >= 4 is 44.8 Å². The highest BCUT2D eigenvalue weighted by molar-refractivity contribution is 7.89. The lowest BCUT2D eigenvalue weighted by Gasteiger charge is -2.34. The van der Waals surface area contributed by atoms with Gasteiger partial charge >= 0.3 is 0 Å². The number of hydrogen-bond donors (Lipinski definition) is 2. The molecular weight excluding hydrogens is 450 g/mol. The molecule has 3 rings (SSSR count). The normalized spacial score (nSPS) is 22.0. The summed E-state index contributed by atoms with van der Waals surface area (Å²) in [5.41, 5.74) is -0.205. The van der Waals surface area contributed by atoms with Crippen LogP contribution in [-0.2, 0) is 10.0 Å². The molecule has 1 aliphatic carbocycles. The smallest absolute Gasteiger partial charge is 0.258 e. The van der Waals surface area contributed by atoms with E-state index < -0.39 is 27.3 Å². The highest BCUT2D eigenvalue weighted by Gasteiger charge is 2.31. The second kappa shape index (κ2) is 9.22. The Bertz CT molecular complexity index is 1060. The van der Waals surface area contributed by atoms with Crippen molar-refractivity contribution in [2.24, 2.45) is 11.8 Å². The van der Waals surface area contributed by atoms with Crippen LogP contribution >= 0.6 is 23.2 Å². The van der Waals surface area contributed by atoms with Crippen molar-refractivity contribution in [2.45, 2.75) is 44.0 Å². The van der Waals surface area contributed by atoms with E-state index in [0.29, 0.717) is 10.9 Å². The molecule has 2 aromatic rings. The van der Waals surface area contributed by atoms with Crippen LogP contribution in [0, 0.1) is 17.7 Å². The lowest BCUT2D eigenvalue weighted by molar-refractivity contribution is 0.102. The summed E-state index contributed by atoms with van der Waals surface area (Å²) in [6.07, 6.45) is 2.75. The SMILES string of the molecule is CC1CCCC(NS(=O)(=O)c2ccc(F)c(C(=O)Nc3cc(Cl)ccc3Cl)c2)C1C. The van der Waals surface area contributed by atoms with E-state index in [-0.39, 0.29) is 27.6 Å². The van der Waals surface area contributed by atoms with Gasteiger partial charge in [-0.05, 0) is 54.7 Å². The van der Waals surface area contributed by atoms with Gasteiger partial charge in [0.25, 0.3) is 5.91 Å². The summed E-state index contributed by atoms with van der Waals surface area (Å²) in [5.74, 6) is -1.08. The molecule has 1 aliphatic rings. The number of rotatable bonds is 5. The van der Waals surface area contributed by atoms with Crippen molar-refractivity contribution in [1.29, 1.82) is 0 Å². The molecule has 0 heterocycles. The Kier molecular flexibility index (Phi) is 7.07. The fraction of sp³-hybridized carbons (Fsp3) is 0.381. The molecule has 30 heavy (non-hydrogen) atoms. The van der Waals surface area contributed by atoms with Crippen molar-refractivity contribution in [2.75, 3.05) is 5.32 Å². The van der Waals surface area contributed by atoms with Crippen LogP contribution in [0.2, 0.25) is 10.0 Å². The summed E-state index contributed by atoms with van der Waals surface area (Å²) < 4.78 is 42.8. The average molecular weight is 473 g/mol. The molecule has 9 heteroatoms. The Labute approximate surface area is 186 Å². The van der Waals surface area contributed by atoms with Gasteiger partial charge in [0.2, 0.25) is 10.0 Å². The average Bonchev–Trinajstić information content (AvgIpc) is 2.68. The Morgan fingerprint density at radius 2 is 1.83 bits per heavy atom. The maximum atomic E-state index is 14.3. The Morgan fingerprint density at radius 3 is 2.57 bits per heavy atom. The predicted molar refractivity (Wildman–Crippen MR) is 117 cm³/mol. The van der Waals surface area contributed by atoms with E-state index in [1.54, 1.807) is 6.07 Å². The molecule has 1 amide bonds. The Balaban J connectivity index is 1.85. The molecule has 162 valence electrons. The third-order valence-electron chi connectivity index (χ3n) is 5.68. The van der Waals surface area contributed by atoms with Crippen LogP contribution in [0.4, 0.5) is 10.1 Å². The van der Waals surface area contributed by atoms with Gasteiger partial charge in [-0.15, -0.1) is 0 Å². The first-order valence-corrected chi connectivity index (χ1v) is 11.9. The van der Waals surface area contributed by atoms with Crippen LogP contribution in [0.3, 0.4) is 0 Å². The van der Waals surface area contributed by atoms with E-state index in [9.17, 15) is 17.6 Å². The zero-order valence-electron chi connectivity index (χ0n) is 16.6. The number of hydrogen-bond acceptors (Lipinski definition) is 3. The predicted octanol–water partition coefficient (Wildman–Crippen LogP) is 5.49. The summed E-state index contributed by atoms with van der Waals surface area (Å²) in [6, 6.07) is 7.41. The number of anilines is 1. The van der Waals surface area contributed by atoms with E-state index in [2.05, 4.69) is 17.0 Å². The molecule has 3 unspecified atom stereocenters. The number of halogens is 3. The quantitative estimate of drug-likeness (QED) is 0.603. The molecule has 0 bridgehead atoms. The van der Waals surface area contributed by atoms with Crippen LogP contribution in [0.15, 0.2) is 41.3 Å². The number of amides is 1. The number of benzene rings is 2. The molecule has 2 aromatic carbocycles. The molecule has 2 N–H and O–H groups in total. The van der Waals surface area contributed by atoms with Crippen LogP contribution < -0.4 is 10.0 Å². The van der Waals surface area contributed by atoms with Gasteiger partial charge in [0, 0.05) is 11.1 Å². The second-order valence-corrected chi connectivity index (χ2v) is 10.3. The third kappa shape index (κ3) is 5.14. The minimum atomic E-state index is -3.92. The van der Waals surface area contributed by atoms with Gasteiger partial charge in [0.1, 0.15) is 5.82 Å². The molecule has 3 atom stereocenters. The highest BCUT2D eigenvalue weighted by atomic mass is 35.5. The van der Waals surface area contributed by atoms with Crippen molar-refractivity contribution in [1.82, 2.24) is 4.72 Å². The first kappa shape index (κ1) is 23.0. The maximum Gasteiger partial charge on any atom is 0.258 e. The van der Waals surface area contributed by atoms with Gasteiger partial charge in [0.05, 0.1) is 21.2 Å². The molecule has 0 saturated heterocycles. The van der Waals surface area contributed by atoms with Crippen LogP contribution in [0.5, 0.6) is 0 Å². The Morgan fingerprint density at radius 1 is 1.10 bits per heavy atom. The summed E-state index contributed by atoms with van der Waals surface area (Å²) in [4.78, 5) is 12.4. The van der Waals surface area contributed by atoms with Crippen molar-refractivity contribution < 1.29 is 17.6 Å². The molecule has 1 saturated carbocycles. The number of sulfonamides is 1. The standard InChI is InChI=1S/C21H23Cl2FN2O3S/c1-12-4-3-5-19(13(12)2)26-30(28,29)15-7-9-18(24)16(11-15)21(27)25-20-10-14(22)6-8-17(20)23/h6-13,19,26H,3-5H2,1-2H3,(H,25,27). The van der Waals surface area contributed by atoms with E-state index in [4.69, 9.17) is 23.2 Å². The summed E-state index contributed by atoms with van der Waals surface area (Å²) in [5, 5.41) is 3.03. The van der Waals surface area contributed by atoms with E-state index in [0.717, 1.165) is 37.5 Å². The molecule has 0 spiro atoms. The number of nitrogens with one attached hydrogen (secondary N) is 2. The lowest BCUT2D eigenvalue weighted by atomic mass is 9.78. The van der Waals surface area contributed by atoms with Gasteiger partial charge in [-0.3, -0.25) is 4.79 Å². The topological polar surface area (TPSA) is 75.3 Å². The van der Waals surface area contributed by atoms with Gasteiger partial charge in [0.15, 0.2) is 0 Å². The van der Waals surface area contributed by atoms with Crippen LogP contribution in [-0.4, -0.2) is 20.4 Å². The largest absolute Gasteiger partial charge is 0.320 e. The maximum absolute atomic E-state index is 14.3. The molecule has 0 radical (unpaired) electrons. The van der Waals surface area contributed by atoms with E-state index in [1.165, 1.54) is 12.1 Å². The fourth-order valence-electron chi connectivity index (χ4n) is 3.64. The second-order valence-electron chi connectivity index (χ2n) is 7.72. The first-order chi connectivity index (χ1) is 14.1. The van der Waals surface area contributed by atoms with Crippen LogP contribution in [0.1, 0.15) is 43.5 Å². The minimum Gasteiger partial charge on any atom is -0.320 e. The van der Waals surface area contributed by atoms with Crippen molar-refractivity contribution in [3.8, 4) is 0 Å². The van der Waals surface area contributed by atoms with E-state index >= 15 is 0 Å².